The number of aliphatic imine (C=N–C) groups is 1. The zero-order valence-electron chi connectivity index (χ0n) is 18.1. The van der Waals surface area contributed by atoms with Crippen molar-refractivity contribution in [3.05, 3.63) is 59.0 Å². The first-order chi connectivity index (χ1) is 13.8. The van der Waals surface area contributed by atoms with Gasteiger partial charge >= 0.3 is 0 Å². The number of furan rings is 1. The van der Waals surface area contributed by atoms with E-state index in [0.717, 1.165) is 17.7 Å². The zero-order valence-corrected chi connectivity index (χ0v) is 20.4. The van der Waals surface area contributed by atoms with Crippen molar-refractivity contribution in [2.45, 2.75) is 39.7 Å². The molecule has 7 nitrogen and oxygen atoms in total. The first-order valence-corrected chi connectivity index (χ1v) is 9.94. The van der Waals surface area contributed by atoms with E-state index in [2.05, 4.69) is 20.9 Å². The normalized spacial score (nSPS) is 13.2. The fourth-order valence-electron chi connectivity index (χ4n) is 3.06. The highest BCUT2D eigenvalue weighted by Gasteiger charge is 2.27. The number of nitrogens with one attached hydrogen (secondary N) is 3. The Hall–Kier alpha value is -2.07. The van der Waals surface area contributed by atoms with Gasteiger partial charge < -0.3 is 25.5 Å². The van der Waals surface area contributed by atoms with Crippen LogP contribution in [0, 0.1) is 13.8 Å². The summed E-state index contributed by atoms with van der Waals surface area (Å²) in [7, 11) is 0. The number of carbonyl (C=O) groups excluding carboxylic acids is 1. The second-order valence-electron chi connectivity index (χ2n) is 7.24. The third-order valence-corrected chi connectivity index (χ3v) is 4.52. The van der Waals surface area contributed by atoms with Gasteiger partial charge in [-0.1, -0.05) is 30.3 Å². The molecule has 1 atom stereocenters. The minimum absolute atomic E-state index is 0. The van der Waals surface area contributed by atoms with Gasteiger partial charge in [-0.15, -0.1) is 24.0 Å². The summed E-state index contributed by atoms with van der Waals surface area (Å²) in [6, 6.07) is 11.8. The van der Waals surface area contributed by atoms with Gasteiger partial charge in [0.25, 0.3) is 0 Å². The maximum atomic E-state index is 12.1. The highest BCUT2D eigenvalue weighted by Crippen LogP contribution is 2.26. The molecular formula is C22H33IN4O3. The van der Waals surface area contributed by atoms with Gasteiger partial charge in [0.1, 0.15) is 23.7 Å². The summed E-state index contributed by atoms with van der Waals surface area (Å²) in [4.78, 5) is 16.4. The van der Waals surface area contributed by atoms with Crippen LogP contribution in [0.15, 0.2) is 45.8 Å². The number of amides is 1. The molecule has 166 valence electrons. The van der Waals surface area contributed by atoms with Crippen molar-refractivity contribution in [2.24, 2.45) is 4.99 Å². The fraction of sp³-hybridized carbons (Fsp3) is 0.455. The van der Waals surface area contributed by atoms with E-state index in [-0.39, 0.29) is 43.0 Å². The molecule has 2 rings (SSSR count). The van der Waals surface area contributed by atoms with E-state index in [1.165, 1.54) is 5.56 Å². The fourth-order valence-corrected chi connectivity index (χ4v) is 3.06. The summed E-state index contributed by atoms with van der Waals surface area (Å²) in [6.07, 6.45) is 0.779. The van der Waals surface area contributed by atoms with Gasteiger partial charge in [-0.25, -0.2) is 4.99 Å². The number of carbonyl (C=O) groups is 1. The van der Waals surface area contributed by atoms with Crippen molar-refractivity contribution in [1.82, 2.24) is 16.0 Å². The summed E-state index contributed by atoms with van der Waals surface area (Å²) >= 11 is 0. The number of guanidine groups is 1. The summed E-state index contributed by atoms with van der Waals surface area (Å²) in [6.45, 7) is 8.79. The van der Waals surface area contributed by atoms with E-state index in [1.807, 2.05) is 57.2 Å². The molecule has 0 saturated heterocycles. The lowest BCUT2D eigenvalue weighted by Crippen LogP contribution is -2.45. The third-order valence-electron chi connectivity index (χ3n) is 4.52. The number of aliphatic hydroxyl groups is 1. The van der Waals surface area contributed by atoms with Crippen LogP contribution in [0.25, 0.3) is 0 Å². The summed E-state index contributed by atoms with van der Waals surface area (Å²) in [5.74, 6) is 1.77. The van der Waals surface area contributed by atoms with Crippen LogP contribution in [0.2, 0.25) is 0 Å². The van der Waals surface area contributed by atoms with Crippen LogP contribution in [0.1, 0.15) is 36.5 Å². The van der Waals surface area contributed by atoms with Crippen molar-refractivity contribution in [3.63, 3.8) is 0 Å². The molecule has 1 heterocycles. The molecule has 1 unspecified atom stereocenters. The summed E-state index contributed by atoms with van der Waals surface area (Å²) in [5.41, 5.74) is 0.783. The van der Waals surface area contributed by atoms with Crippen molar-refractivity contribution in [2.75, 3.05) is 26.2 Å². The molecule has 1 aromatic carbocycles. The van der Waals surface area contributed by atoms with Crippen LogP contribution >= 0.6 is 24.0 Å². The Morgan fingerprint density at radius 2 is 1.87 bits per heavy atom. The van der Waals surface area contributed by atoms with Crippen molar-refractivity contribution in [3.8, 4) is 0 Å². The standard InChI is InChI=1S/C22H32N4O3.HI/c1-5-23-21(26-15-22(4,28)19-13-16(2)29-17(19)3)25-14-20(27)24-12-11-18-9-7-6-8-10-18;/h6-10,13,28H,5,11-12,14-15H2,1-4H3,(H,24,27)(H2,23,25,26);1H. The molecule has 0 bridgehead atoms. The number of hydrogen-bond donors (Lipinski definition) is 4. The van der Waals surface area contributed by atoms with E-state index < -0.39 is 5.60 Å². The lowest BCUT2D eigenvalue weighted by Gasteiger charge is -2.24. The highest BCUT2D eigenvalue weighted by atomic mass is 127. The van der Waals surface area contributed by atoms with Crippen molar-refractivity contribution in [1.29, 1.82) is 0 Å². The molecule has 0 aliphatic heterocycles. The Bertz CT molecular complexity index is 819. The zero-order chi connectivity index (χ0) is 21.3. The minimum Gasteiger partial charge on any atom is -0.466 e. The molecule has 8 heteroatoms. The number of hydrogen-bond acceptors (Lipinski definition) is 4. The molecule has 2 aromatic rings. The van der Waals surface area contributed by atoms with Crippen molar-refractivity contribution < 1.29 is 14.3 Å². The molecule has 30 heavy (non-hydrogen) atoms. The molecule has 0 aliphatic rings. The predicted octanol–water partition coefficient (Wildman–Crippen LogP) is 2.64. The Labute approximate surface area is 195 Å². The second kappa shape index (κ2) is 12.6. The lowest BCUT2D eigenvalue weighted by atomic mass is 9.96. The highest BCUT2D eigenvalue weighted by molar-refractivity contribution is 14.0. The minimum atomic E-state index is -1.13. The molecule has 0 saturated carbocycles. The Balaban J connectivity index is 0.00000450. The smallest absolute Gasteiger partial charge is 0.241 e. The average molecular weight is 528 g/mol. The SMILES string of the molecule is CCNC(=NCC(=O)NCCc1ccccc1)NCC(C)(O)c1cc(C)oc1C.I. The number of nitrogens with zero attached hydrogens (tertiary/aromatic N) is 1. The van der Waals surface area contributed by atoms with Gasteiger partial charge in [-0.05, 0) is 45.7 Å². The number of halogens is 1. The first kappa shape index (κ1) is 26.0. The second-order valence-corrected chi connectivity index (χ2v) is 7.24. The molecular weight excluding hydrogens is 495 g/mol. The van der Waals surface area contributed by atoms with Gasteiger partial charge in [0.05, 0.1) is 6.54 Å². The van der Waals surface area contributed by atoms with E-state index in [0.29, 0.717) is 24.8 Å². The van der Waals surface area contributed by atoms with E-state index in [9.17, 15) is 9.90 Å². The maximum Gasteiger partial charge on any atom is 0.241 e. The Morgan fingerprint density at radius 3 is 2.47 bits per heavy atom. The van der Waals surface area contributed by atoms with Crippen LogP contribution in [0.3, 0.4) is 0 Å². The first-order valence-electron chi connectivity index (χ1n) is 9.94. The van der Waals surface area contributed by atoms with Crippen LogP contribution in [-0.4, -0.2) is 43.2 Å². The monoisotopic (exact) mass is 528 g/mol. The number of aryl methyl sites for hydroxylation is 2. The van der Waals surface area contributed by atoms with Crippen LogP contribution in [0.5, 0.6) is 0 Å². The van der Waals surface area contributed by atoms with E-state index in [1.54, 1.807) is 6.92 Å². The lowest BCUT2D eigenvalue weighted by molar-refractivity contribution is -0.119. The molecule has 4 N–H and O–H groups in total. The van der Waals surface area contributed by atoms with Crippen LogP contribution in [-0.2, 0) is 16.8 Å². The van der Waals surface area contributed by atoms with E-state index >= 15 is 0 Å². The topological polar surface area (TPSA) is 98.9 Å². The summed E-state index contributed by atoms with van der Waals surface area (Å²) in [5, 5.41) is 19.9. The van der Waals surface area contributed by atoms with E-state index in [4.69, 9.17) is 4.42 Å². The van der Waals surface area contributed by atoms with Gasteiger partial charge in [0.2, 0.25) is 5.91 Å². The average Bonchev–Trinajstić information content (AvgIpc) is 3.04. The van der Waals surface area contributed by atoms with Gasteiger partial charge in [-0.2, -0.15) is 0 Å². The van der Waals surface area contributed by atoms with Gasteiger partial charge in [0, 0.05) is 18.7 Å². The predicted molar refractivity (Wildman–Crippen MR) is 130 cm³/mol. The largest absolute Gasteiger partial charge is 0.466 e. The van der Waals surface area contributed by atoms with Gasteiger partial charge in [0.15, 0.2) is 5.96 Å². The van der Waals surface area contributed by atoms with Crippen LogP contribution in [0.4, 0.5) is 0 Å². The Kier molecular flexibility index (Phi) is 10.9. The number of benzene rings is 1. The van der Waals surface area contributed by atoms with Crippen LogP contribution < -0.4 is 16.0 Å². The molecule has 0 radical (unpaired) electrons. The van der Waals surface area contributed by atoms with Gasteiger partial charge in [-0.3, -0.25) is 4.79 Å². The van der Waals surface area contributed by atoms with Crippen molar-refractivity contribution >= 4 is 35.8 Å². The molecule has 1 amide bonds. The Morgan fingerprint density at radius 1 is 1.17 bits per heavy atom. The number of rotatable bonds is 9. The summed E-state index contributed by atoms with van der Waals surface area (Å²) < 4.78 is 5.52. The maximum absolute atomic E-state index is 12.1. The molecule has 0 fully saturated rings. The third kappa shape index (κ3) is 8.35. The molecule has 1 aromatic heterocycles. The quantitative estimate of drug-likeness (QED) is 0.228. The molecule has 0 spiro atoms. The molecule has 0 aliphatic carbocycles.